The lowest BCUT2D eigenvalue weighted by molar-refractivity contribution is -0.156. The van der Waals surface area contributed by atoms with Gasteiger partial charge >= 0.3 is 5.97 Å². The highest BCUT2D eigenvalue weighted by molar-refractivity contribution is 6.08. The fraction of sp³-hybridized carbons (Fsp3) is 0.529. The number of carbonyl (C=O) groups excluding carboxylic acids is 2. The number of fused-ring (bicyclic) bond motifs is 2. The number of Topliss-reactive ketones (excluding diaryl/α,β-unsaturated/α-hetero) is 1. The molecule has 0 aliphatic heterocycles. The van der Waals surface area contributed by atoms with Crippen molar-refractivity contribution in [3.63, 3.8) is 0 Å². The molecule has 2 aliphatic rings. The molecule has 1 aromatic rings. The van der Waals surface area contributed by atoms with Crippen LogP contribution in [-0.4, -0.2) is 11.8 Å². The molecular weight excluding hydrogens is 252 g/mol. The Bertz CT molecular complexity index is 570. The topological polar surface area (TPSA) is 43.4 Å². The van der Waals surface area contributed by atoms with Gasteiger partial charge in [0.15, 0.2) is 5.78 Å². The summed E-state index contributed by atoms with van der Waals surface area (Å²) >= 11 is 0. The molecule has 20 heavy (non-hydrogen) atoms. The van der Waals surface area contributed by atoms with Gasteiger partial charge in [0.2, 0.25) is 0 Å². The van der Waals surface area contributed by atoms with Crippen LogP contribution in [0.2, 0.25) is 0 Å². The summed E-state index contributed by atoms with van der Waals surface area (Å²) in [7, 11) is 0. The van der Waals surface area contributed by atoms with Gasteiger partial charge in [0.1, 0.15) is 11.2 Å². The summed E-state index contributed by atoms with van der Waals surface area (Å²) in [6.07, 6.45) is 2.10. The third kappa shape index (κ3) is 1.58. The molecule has 0 spiro atoms. The summed E-state index contributed by atoms with van der Waals surface area (Å²) in [5.41, 5.74) is -0.102. The van der Waals surface area contributed by atoms with Crippen LogP contribution in [0, 0.1) is 23.7 Å². The summed E-state index contributed by atoms with van der Waals surface area (Å²) in [6, 6.07) is 7.37. The lowest BCUT2D eigenvalue weighted by atomic mass is 9.69. The summed E-state index contributed by atoms with van der Waals surface area (Å²) in [5.74, 6) is 0.543. The number of aryl methyl sites for hydroxylation is 1. The number of hydrogen-bond donors (Lipinski definition) is 0. The molecule has 0 radical (unpaired) electrons. The van der Waals surface area contributed by atoms with Gasteiger partial charge in [-0.05, 0) is 43.2 Å². The van der Waals surface area contributed by atoms with Crippen LogP contribution in [0.4, 0.5) is 0 Å². The Balaban J connectivity index is 1.90. The van der Waals surface area contributed by atoms with E-state index in [1.54, 1.807) is 12.1 Å². The third-order valence-electron chi connectivity index (χ3n) is 5.48. The van der Waals surface area contributed by atoms with Crippen molar-refractivity contribution >= 4 is 11.8 Å². The molecule has 3 heteroatoms. The molecule has 106 valence electrons. The summed E-state index contributed by atoms with van der Waals surface area (Å²) in [4.78, 5) is 25.0. The van der Waals surface area contributed by atoms with E-state index in [1.165, 1.54) is 0 Å². The molecule has 2 saturated carbocycles. The molecule has 0 amide bonds. The average Bonchev–Trinajstić information content (AvgIpc) is 2.76. The van der Waals surface area contributed by atoms with Gasteiger partial charge in [-0.3, -0.25) is 9.59 Å². The Labute approximate surface area is 119 Å². The van der Waals surface area contributed by atoms with E-state index in [1.807, 2.05) is 32.9 Å². The zero-order chi connectivity index (χ0) is 14.5. The van der Waals surface area contributed by atoms with E-state index in [2.05, 4.69) is 0 Å². The van der Waals surface area contributed by atoms with Crippen LogP contribution in [0.15, 0.2) is 24.3 Å². The molecule has 0 saturated heterocycles. The van der Waals surface area contributed by atoms with Gasteiger partial charge in [0, 0.05) is 6.42 Å². The smallest absolute Gasteiger partial charge is 0.325 e. The first-order valence-corrected chi connectivity index (χ1v) is 7.20. The minimum atomic E-state index is -0.928. The molecule has 0 heterocycles. The fourth-order valence-corrected chi connectivity index (χ4v) is 3.96. The number of ether oxygens (including phenoxy) is 1. The van der Waals surface area contributed by atoms with Crippen LogP contribution < -0.4 is 4.74 Å². The second kappa shape index (κ2) is 4.18. The molecular formula is C17H20O3. The van der Waals surface area contributed by atoms with Crippen molar-refractivity contribution in [2.45, 2.75) is 40.0 Å². The molecule has 2 unspecified atom stereocenters. The van der Waals surface area contributed by atoms with E-state index in [-0.39, 0.29) is 17.2 Å². The summed E-state index contributed by atoms with van der Waals surface area (Å²) in [5, 5.41) is 0. The second-order valence-corrected chi connectivity index (χ2v) is 6.69. The van der Waals surface area contributed by atoms with Gasteiger partial charge in [-0.25, -0.2) is 0 Å². The largest absolute Gasteiger partial charge is 0.426 e. The molecule has 0 N–H and O–H groups in total. The number of carbonyl (C=O) groups is 2. The average molecular weight is 272 g/mol. The standard InChI is InChI=1S/C17H20O3/c1-11-4-6-13(7-5-11)20-15(19)17-9-8-12(10-14(17)18)16(17,2)3/h4-7,12H,8-10H2,1-3H3. The summed E-state index contributed by atoms with van der Waals surface area (Å²) < 4.78 is 5.52. The first-order chi connectivity index (χ1) is 9.38. The van der Waals surface area contributed by atoms with Gasteiger partial charge in [0.05, 0.1) is 0 Å². The van der Waals surface area contributed by atoms with Crippen molar-refractivity contribution < 1.29 is 14.3 Å². The SMILES string of the molecule is Cc1ccc(OC(=O)C23CCC(CC2=O)C3(C)C)cc1. The minimum Gasteiger partial charge on any atom is -0.426 e. The van der Waals surface area contributed by atoms with Crippen molar-refractivity contribution in [3.8, 4) is 5.75 Å². The quantitative estimate of drug-likeness (QED) is 0.471. The van der Waals surface area contributed by atoms with Crippen molar-refractivity contribution in [3.05, 3.63) is 29.8 Å². The Kier molecular flexibility index (Phi) is 2.79. The van der Waals surface area contributed by atoms with Crippen LogP contribution >= 0.6 is 0 Å². The van der Waals surface area contributed by atoms with Crippen LogP contribution in [0.5, 0.6) is 5.75 Å². The van der Waals surface area contributed by atoms with Crippen LogP contribution in [0.1, 0.15) is 38.7 Å². The lowest BCUT2D eigenvalue weighted by Gasteiger charge is -2.33. The Morgan fingerprint density at radius 3 is 2.40 bits per heavy atom. The Morgan fingerprint density at radius 2 is 1.90 bits per heavy atom. The predicted molar refractivity (Wildman–Crippen MR) is 75.4 cm³/mol. The van der Waals surface area contributed by atoms with Crippen molar-refractivity contribution in [1.82, 2.24) is 0 Å². The first kappa shape index (κ1) is 13.3. The summed E-state index contributed by atoms with van der Waals surface area (Å²) in [6.45, 7) is 6.05. The molecule has 3 rings (SSSR count). The van der Waals surface area contributed by atoms with Crippen LogP contribution in [0.3, 0.4) is 0 Å². The van der Waals surface area contributed by atoms with Gasteiger partial charge < -0.3 is 4.74 Å². The van der Waals surface area contributed by atoms with Crippen molar-refractivity contribution in [2.24, 2.45) is 16.7 Å². The lowest BCUT2D eigenvalue weighted by Crippen LogP contribution is -2.45. The molecule has 1 aromatic carbocycles. The maximum atomic E-state index is 12.7. The molecule has 2 fully saturated rings. The number of benzene rings is 1. The molecule has 2 bridgehead atoms. The van der Waals surface area contributed by atoms with Crippen molar-refractivity contribution in [2.75, 3.05) is 0 Å². The maximum absolute atomic E-state index is 12.7. The van der Waals surface area contributed by atoms with E-state index < -0.39 is 5.41 Å². The van der Waals surface area contributed by atoms with Gasteiger partial charge in [0.25, 0.3) is 0 Å². The Morgan fingerprint density at radius 1 is 1.25 bits per heavy atom. The first-order valence-electron chi connectivity index (χ1n) is 7.20. The van der Waals surface area contributed by atoms with Crippen LogP contribution in [0.25, 0.3) is 0 Å². The zero-order valence-electron chi connectivity index (χ0n) is 12.2. The number of esters is 1. The minimum absolute atomic E-state index is 0.0656. The molecule has 3 nitrogen and oxygen atoms in total. The van der Waals surface area contributed by atoms with E-state index in [9.17, 15) is 9.59 Å². The predicted octanol–water partition coefficient (Wildman–Crippen LogP) is 3.30. The molecule has 0 aromatic heterocycles. The van der Waals surface area contributed by atoms with E-state index in [0.29, 0.717) is 24.5 Å². The zero-order valence-corrected chi connectivity index (χ0v) is 12.2. The van der Waals surface area contributed by atoms with E-state index in [4.69, 9.17) is 4.74 Å². The molecule has 2 atom stereocenters. The van der Waals surface area contributed by atoms with Crippen molar-refractivity contribution in [1.29, 1.82) is 0 Å². The second-order valence-electron chi connectivity index (χ2n) is 6.69. The number of rotatable bonds is 2. The number of hydrogen-bond acceptors (Lipinski definition) is 3. The monoisotopic (exact) mass is 272 g/mol. The normalized spacial score (nSPS) is 30.6. The van der Waals surface area contributed by atoms with E-state index in [0.717, 1.165) is 12.0 Å². The van der Waals surface area contributed by atoms with Gasteiger partial charge in [-0.1, -0.05) is 31.5 Å². The maximum Gasteiger partial charge on any atom is 0.325 e. The highest BCUT2D eigenvalue weighted by Gasteiger charge is 2.69. The van der Waals surface area contributed by atoms with Gasteiger partial charge in [-0.15, -0.1) is 0 Å². The Hall–Kier alpha value is -1.64. The van der Waals surface area contributed by atoms with Crippen LogP contribution in [-0.2, 0) is 9.59 Å². The number of ketones is 1. The molecule has 2 aliphatic carbocycles. The third-order valence-corrected chi connectivity index (χ3v) is 5.48. The van der Waals surface area contributed by atoms with E-state index >= 15 is 0 Å². The highest BCUT2D eigenvalue weighted by Crippen LogP contribution is 2.64. The fourth-order valence-electron chi connectivity index (χ4n) is 3.96. The van der Waals surface area contributed by atoms with Gasteiger partial charge in [-0.2, -0.15) is 0 Å². The highest BCUT2D eigenvalue weighted by atomic mass is 16.5.